The van der Waals surface area contributed by atoms with Gasteiger partial charge in [0.05, 0.1) is 18.1 Å². The van der Waals surface area contributed by atoms with Gasteiger partial charge < -0.3 is 19.3 Å². The minimum atomic E-state index is -2.21. The van der Waals surface area contributed by atoms with Crippen molar-refractivity contribution in [3.8, 4) is 0 Å². The summed E-state index contributed by atoms with van der Waals surface area (Å²) in [7, 11) is 0. The molecule has 0 fully saturated rings. The van der Waals surface area contributed by atoms with Crippen LogP contribution in [0.3, 0.4) is 0 Å². The van der Waals surface area contributed by atoms with Gasteiger partial charge in [-0.25, -0.2) is 9.59 Å². The molecule has 0 aliphatic heterocycles. The third-order valence-corrected chi connectivity index (χ3v) is 2.30. The van der Waals surface area contributed by atoms with E-state index in [0.717, 1.165) is 20.8 Å². The highest BCUT2D eigenvalue weighted by Gasteiger charge is 2.36. The first-order valence-corrected chi connectivity index (χ1v) is 6.09. The lowest BCUT2D eigenvalue weighted by Gasteiger charge is -2.26. The van der Waals surface area contributed by atoms with Crippen molar-refractivity contribution in [1.82, 2.24) is 0 Å². The lowest BCUT2D eigenvalue weighted by molar-refractivity contribution is -0.309. The van der Waals surface area contributed by atoms with Crippen LogP contribution in [-0.2, 0) is 23.8 Å². The van der Waals surface area contributed by atoms with Crippen LogP contribution >= 0.6 is 0 Å². The number of benzene rings is 1. The third-order valence-electron chi connectivity index (χ3n) is 2.30. The van der Waals surface area contributed by atoms with Gasteiger partial charge in [0.1, 0.15) is 0 Å². The van der Waals surface area contributed by atoms with E-state index in [1.807, 2.05) is 0 Å². The lowest BCUT2D eigenvalue weighted by atomic mass is 10.1. The molecular formula is C14H14O8. The third kappa shape index (κ3) is 4.89. The summed E-state index contributed by atoms with van der Waals surface area (Å²) in [6, 6.07) is 4.84. The predicted octanol–water partition coefficient (Wildman–Crippen LogP) is 1.34. The standard InChI is InChI=1S/C14H14O8/c1-8(15)20-14(3,21-9(2)16)22-13(19)11-6-4-10(5-7-11)12(17)18/h4-7H,1-3H3,(H,17,18). The Morgan fingerprint density at radius 2 is 1.27 bits per heavy atom. The average molecular weight is 310 g/mol. The van der Waals surface area contributed by atoms with E-state index in [4.69, 9.17) is 9.84 Å². The minimum absolute atomic E-state index is 0.00414. The zero-order valence-corrected chi connectivity index (χ0v) is 12.1. The molecule has 8 heteroatoms. The van der Waals surface area contributed by atoms with Gasteiger partial charge in [0.2, 0.25) is 0 Å². The second-order valence-electron chi connectivity index (χ2n) is 4.32. The van der Waals surface area contributed by atoms with Crippen LogP contribution in [0.25, 0.3) is 0 Å². The fraction of sp³-hybridized carbons (Fsp3) is 0.286. The first kappa shape index (κ1) is 17.2. The molecule has 8 nitrogen and oxygen atoms in total. The summed E-state index contributed by atoms with van der Waals surface area (Å²) in [6.07, 6.45) is 0. The maximum absolute atomic E-state index is 12.0. The number of aromatic carboxylic acids is 1. The number of carboxylic acids is 1. The second kappa shape index (κ2) is 6.70. The van der Waals surface area contributed by atoms with Gasteiger partial charge in [0.15, 0.2) is 0 Å². The van der Waals surface area contributed by atoms with Crippen LogP contribution in [0.4, 0.5) is 0 Å². The summed E-state index contributed by atoms with van der Waals surface area (Å²) < 4.78 is 14.2. The van der Waals surface area contributed by atoms with Crippen molar-refractivity contribution in [2.24, 2.45) is 0 Å². The van der Waals surface area contributed by atoms with Gasteiger partial charge in [-0.05, 0) is 24.3 Å². The average Bonchev–Trinajstić information content (AvgIpc) is 2.36. The fourth-order valence-corrected chi connectivity index (χ4v) is 1.56. The number of ether oxygens (including phenoxy) is 3. The summed E-state index contributed by atoms with van der Waals surface area (Å²) >= 11 is 0. The highest BCUT2D eigenvalue weighted by molar-refractivity contribution is 5.92. The van der Waals surface area contributed by atoms with Crippen LogP contribution in [0.2, 0.25) is 0 Å². The molecular weight excluding hydrogens is 296 g/mol. The van der Waals surface area contributed by atoms with Gasteiger partial charge in [-0.15, -0.1) is 0 Å². The largest absolute Gasteiger partial charge is 0.478 e. The van der Waals surface area contributed by atoms with Crippen LogP contribution < -0.4 is 0 Å². The molecule has 1 rings (SSSR count). The van der Waals surface area contributed by atoms with Crippen LogP contribution in [0.1, 0.15) is 41.5 Å². The molecule has 0 unspecified atom stereocenters. The van der Waals surface area contributed by atoms with Crippen molar-refractivity contribution in [1.29, 1.82) is 0 Å². The minimum Gasteiger partial charge on any atom is -0.478 e. The lowest BCUT2D eigenvalue weighted by Crippen LogP contribution is -2.40. The van der Waals surface area contributed by atoms with Gasteiger partial charge in [0.25, 0.3) is 0 Å². The summed E-state index contributed by atoms with van der Waals surface area (Å²) in [5, 5.41) is 8.77. The van der Waals surface area contributed by atoms with Crippen molar-refractivity contribution < 1.29 is 38.5 Å². The van der Waals surface area contributed by atoms with Crippen molar-refractivity contribution >= 4 is 23.9 Å². The van der Waals surface area contributed by atoms with Crippen LogP contribution in [0.5, 0.6) is 0 Å². The Hall–Kier alpha value is -2.90. The number of hydrogen-bond acceptors (Lipinski definition) is 7. The molecule has 0 saturated carbocycles. The summed E-state index contributed by atoms with van der Waals surface area (Å²) in [6.45, 7) is 3.19. The van der Waals surface area contributed by atoms with E-state index in [2.05, 4.69) is 9.47 Å². The van der Waals surface area contributed by atoms with Gasteiger partial charge >= 0.3 is 29.9 Å². The topological polar surface area (TPSA) is 116 Å². The molecule has 1 N–H and O–H groups in total. The van der Waals surface area contributed by atoms with Crippen LogP contribution in [-0.4, -0.2) is 35.0 Å². The number of esters is 3. The molecule has 1 aromatic rings. The molecule has 0 heterocycles. The fourth-order valence-electron chi connectivity index (χ4n) is 1.56. The first-order valence-electron chi connectivity index (χ1n) is 6.09. The monoisotopic (exact) mass is 310 g/mol. The van der Waals surface area contributed by atoms with Gasteiger partial charge in [-0.1, -0.05) is 0 Å². The molecule has 0 bridgehead atoms. The Morgan fingerprint density at radius 3 is 1.64 bits per heavy atom. The van der Waals surface area contributed by atoms with E-state index < -0.39 is 29.9 Å². The van der Waals surface area contributed by atoms with E-state index >= 15 is 0 Å². The summed E-state index contributed by atoms with van der Waals surface area (Å²) in [4.78, 5) is 44.7. The van der Waals surface area contributed by atoms with E-state index in [-0.39, 0.29) is 11.1 Å². The molecule has 0 radical (unpaired) electrons. The molecule has 0 spiro atoms. The van der Waals surface area contributed by atoms with E-state index in [1.165, 1.54) is 24.3 Å². The molecule has 0 saturated heterocycles. The molecule has 118 valence electrons. The Kier molecular flexibility index (Phi) is 5.23. The van der Waals surface area contributed by atoms with E-state index in [9.17, 15) is 19.2 Å². The second-order valence-corrected chi connectivity index (χ2v) is 4.32. The molecule has 0 atom stereocenters. The SMILES string of the molecule is CC(=O)OC(C)(OC(C)=O)OC(=O)c1ccc(C(=O)O)cc1. The van der Waals surface area contributed by atoms with Crippen LogP contribution in [0.15, 0.2) is 24.3 Å². The van der Waals surface area contributed by atoms with Crippen molar-refractivity contribution in [2.75, 3.05) is 0 Å². The number of carbonyl (C=O) groups is 4. The molecule has 0 amide bonds. The maximum atomic E-state index is 12.0. The Bertz CT molecular complexity index is 586. The quantitative estimate of drug-likeness (QED) is 0.639. The Balaban J connectivity index is 2.92. The summed E-state index contributed by atoms with van der Waals surface area (Å²) in [5.41, 5.74) is -0.0187. The Labute approximate surface area is 125 Å². The van der Waals surface area contributed by atoms with Crippen molar-refractivity contribution in [2.45, 2.75) is 26.7 Å². The number of carboxylic acid groups (broad SMARTS) is 1. The molecule has 0 aromatic heterocycles. The van der Waals surface area contributed by atoms with Crippen molar-refractivity contribution in [3.05, 3.63) is 35.4 Å². The van der Waals surface area contributed by atoms with Crippen LogP contribution in [0, 0.1) is 0 Å². The zero-order chi connectivity index (χ0) is 16.9. The number of carbonyl (C=O) groups excluding carboxylic acids is 3. The molecule has 0 aliphatic carbocycles. The predicted molar refractivity (Wildman–Crippen MR) is 70.8 cm³/mol. The smallest absolute Gasteiger partial charge is 0.420 e. The summed E-state index contributed by atoms with van der Waals surface area (Å²) in [5.74, 6) is -5.96. The molecule has 0 aliphatic rings. The zero-order valence-electron chi connectivity index (χ0n) is 12.1. The highest BCUT2D eigenvalue weighted by atomic mass is 16.9. The van der Waals surface area contributed by atoms with Crippen molar-refractivity contribution in [3.63, 3.8) is 0 Å². The van der Waals surface area contributed by atoms with Gasteiger partial charge in [-0.2, -0.15) is 0 Å². The maximum Gasteiger partial charge on any atom is 0.420 e. The van der Waals surface area contributed by atoms with Gasteiger partial charge in [0, 0.05) is 13.8 Å². The Morgan fingerprint density at radius 1 is 0.864 bits per heavy atom. The highest BCUT2D eigenvalue weighted by Crippen LogP contribution is 2.18. The number of hydrogen-bond donors (Lipinski definition) is 1. The molecule has 1 aromatic carbocycles. The normalized spacial score (nSPS) is 10.5. The van der Waals surface area contributed by atoms with E-state index in [1.54, 1.807) is 0 Å². The molecule has 22 heavy (non-hydrogen) atoms. The number of rotatable bonds is 5. The van der Waals surface area contributed by atoms with E-state index in [0.29, 0.717) is 0 Å². The van der Waals surface area contributed by atoms with Gasteiger partial charge in [-0.3, -0.25) is 9.59 Å². The first-order chi connectivity index (χ1) is 10.1.